The largest absolute Gasteiger partial charge is 0.439 e. The average molecular weight is 338 g/mol. The number of aromatic nitrogens is 1. The lowest BCUT2D eigenvalue weighted by Gasteiger charge is -2.09. The van der Waals surface area contributed by atoms with E-state index in [9.17, 15) is 0 Å². The van der Waals surface area contributed by atoms with E-state index in [-0.39, 0.29) is 0 Å². The minimum Gasteiger partial charge on any atom is -0.439 e. The Morgan fingerprint density at radius 1 is 0.923 bits per heavy atom. The van der Waals surface area contributed by atoms with Crippen LogP contribution in [0.1, 0.15) is 11.1 Å². The molecule has 0 bridgehead atoms. The van der Waals surface area contributed by atoms with Crippen LogP contribution in [0.5, 0.6) is 5.88 Å². The molecular formula is C24H20NO+. The molecule has 4 rings (SSSR count). The molecule has 0 unspecified atom stereocenters. The van der Waals surface area contributed by atoms with Crippen molar-refractivity contribution in [1.82, 2.24) is 0 Å². The summed E-state index contributed by atoms with van der Waals surface area (Å²) in [7, 11) is 0. The van der Waals surface area contributed by atoms with Gasteiger partial charge in [-0.2, -0.15) is 0 Å². The SMILES string of the molecule is C#CC[n+]1c(OCc2ccc3c(C)cccc3c2)ccc2ccccc21. The first-order chi connectivity index (χ1) is 12.8. The number of aryl methyl sites for hydroxylation is 1. The Morgan fingerprint density at radius 2 is 1.77 bits per heavy atom. The highest BCUT2D eigenvalue weighted by Crippen LogP contribution is 2.21. The second-order valence-electron chi connectivity index (χ2n) is 6.44. The van der Waals surface area contributed by atoms with E-state index < -0.39 is 0 Å². The van der Waals surface area contributed by atoms with Crippen molar-refractivity contribution >= 4 is 21.7 Å². The number of fused-ring (bicyclic) bond motifs is 2. The molecule has 1 heterocycles. The Balaban J connectivity index is 1.65. The maximum Gasteiger partial charge on any atom is 0.369 e. The fraction of sp³-hybridized carbons (Fsp3) is 0.125. The quantitative estimate of drug-likeness (QED) is 0.385. The molecule has 0 aliphatic carbocycles. The molecule has 0 saturated heterocycles. The van der Waals surface area contributed by atoms with Gasteiger partial charge in [-0.15, -0.1) is 11.0 Å². The third-order valence-electron chi connectivity index (χ3n) is 4.70. The highest BCUT2D eigenvalue weighted by Gasteiger charge is 2.16. The first kappa shape index (κ1) is 16.2. The van der Waals surface area contributed by atoms with Gasteiger partial charge in [-0.3, -0.25) is 0 Å². The van der Waals surface area contributed by atoms with Crippen molar-refractivity contribution in [3.63, 3.8) is 0 Å². The van der Waals surface area contributed by atoms with Gasteiger partial charge < -0.3 is 4.74 Å². The summed E-state index contributed by atoms with van der Waals surface area (Å²) in [4.78, 5) is 0. The third-order valence-corrected chi connectivity index (χ3v) is 4.70. The van der Waals surface area contributed by atoms with Crippen LogP contribution in [0, 0.1) is 19.3 Å². The zero-order valence-corrected chi connectivity index (χ0v) is 14.8. The molecule has 0 radical (unpaired) electrons. The summed E-state index contributed by atoms with van der Waals surface area (Å²) in [5.41, 5.74) is 3.51. The summed E-state index contributed by atoms with van der Waals surface area (Å²) in [6.07, 6.45) is 5.58. The Morgan fingerprint density at radius 3 is 2.65 bits per heavy atom. The van der Waals surface area contributed by atoms with E-state index in [1.54, 1.807) is 0 Å². The van der Waals surface area contributed by atoms with Crippen molar-refractivity contribution in [2.45, 2.75) is 20.1 Å². The Hall–Kier alpha value is -3.31. The number of benzene rings is 3. The molecule has 0 spiro atoms. The van der Waals surface area contributed by atoms with E-state index in [0.717, 1.165) is 22.3 Å². The van der Waals surface area contributed by atoms with Gasteiger partial charge in [0, 0.05) is 11.5 Å². The predicted molar refractivity (Wildman–Crippen MR) is 106 cm³/mol. The molecule has 126 valence electrons. The fourth-order valence-electron chi connectivity index (χ4n) is 3.37. The molecule has 4 aromatic rings. The second kappa shape index (κ2) is 6.90. The van der Waals surface area contributed by atoms with E-state index in [2.05, 4.69) is 67.4 Å². The summed E-state index contributed by atoms with van der Waals surface area (Å²) in [5, 5.41) is 3.67. The molecule has 3 aromatic carbocycles. The first-order valence-electron chi connectivity index (χ1n) is 8.72. The lowest BCUT2D eigenvalue weighted by atomic mass is 10.0. The number of hydrogen-bond acceptors (Lipinski definition) is 1. The van der Waals surface area contributed by atoms with Gasteiger partial charge >= 0.3 is 5.88 Å². The minimum atomic E-state index is 0.480. The second-order valence-corrected chi connectivity index (χ2v) is 6.44. The molecule has 26 heavy (non-hydrogen) atoms. The van der Waals surface area contributed by atoms with Crippen LogP contribution in [0.25, 0.3) is 21.7 Å². The summed E-state index contributed by atoms with van der Waals surface area (Å²) >= 11 is 0. The monoisotopic (exact) mass is 338 g/mol. The van der Waals surface area contributed by atoms with Crippen molar-refractivity contribution in [2.75, 3.05) is 0 Å². The summed E-state index contributed by atoms with van der Waals surface area (Å²) < 4.78 is 8.17. The van der Waals surface area contributed by atoms with Gasteiger partial charge in [-0.25, -0.2) is 0 Å². The number of pyridine rings is 1. The van der Waals surface area contributed by atoms with Crippen LogP contribution in [-0.4, -0.2) is 0 Å². The smallest absolute Gasteiger partial charge is 0.369 e. The summed E-state index contributed by atoms with van der Waals surface area (Å²) in [6, 6.07) is 25.1. The lowest BCUT2D eigenvalue weighted by molar-refractivity contribution is -0.664. The van der Waals surface area contributed by atoms with E-state index in [0.29, 0.717) is 13.2 Å². The van der Waals surface area contributed by atoms with Gasteiger partial charge in [-0.05, 0) is 52.9 Å². The average Bonchev–Trinajstić information content (AvgIpc) is 2.67. The maximum absolute atomic E-state index is 6.13. The van der Waals surface area contributed by atoms with Crippen LogP contribution >= 0.6 is 0 Å². The Bertz CT molecular complexity index is 1140. The summed E-state index contributed by atoms with van der Waals surface area (Å²) in [6.45, 7) is 3.12. The van der Waals surface area contributed by atoms with Crippen LogP contribution in [0.3, 0.4) is 0 Å². The van der Waals surface area contributed by atoms with Crippen molar-refractivity contribution in [3.8, 4) is 18.2 Å². The molecular weight excluding hydrogens is 318 g/mol. The molecule has 2 nitrogen and oxygen atoms in total. The zero-order valence-electron chi connectivity index (χ0n) is 14.8. The molecule has 0 aliphatic rings. The van der Waals surface area contributed by atoms with Crippen LogP contribution in [0.2, 0.25) is 0 Å². The molecule has 0 amide bonds. The van der Waals surface area contributed by atoms with Crippen LogP contribution in [0.15, 0.2) is 72.8 Å². The highest BCUT2D eigenvalue weighted by atomic mass is 16.5. The maximum atomic E-state index is 6.13. The highest BCUT2D eigenvalue weighted by molar-refractivity contribution is 5.86. The summed E-state index contributed by atoms with van der Waals surface area (Å²) in [5.74, 6) is 3.51. The van der Waals surface area contributed by atoms with Crippen LogP contribution in [0.4, 0.5) is 0 Å². The number of nitrogens with zero attached hydrogens (tertiary/aromatic N) is 1. The van der Waals surface area contributed by atoms with Gasteiger partial charge in [0.2, 0.25) is 12.1 Å². The molecule has 0 saturated carbocycles. The number of terminal acetylenes is 1. The molecule has 0 aliphatic heterocycles. The van der Waals surface area contributed by atoms with Crippen molar-refractivity contribution in [3.05, 3.63) is 83.9 Å². The standard InChI is InChI=1S/C24H20NO/c1-3-15-25-23-10-5-4-8-20(23)12-14-24(25)26-17-19-11-13-22-18(2)7-6-9-21(22)16-19/h1,4-14,16H,15,17H2,2H3/q+1. The van der Waals surface area contributed by atoms with E-state index in [1.165, 1.54) is 16.3 Å². The van der Waals surface area contributed by atoms with Crippen LogP contribution in [-0.2, 0) is 13.2 Å². The topological polar surface area (TPSA) is 13.1 Å². The van der Waals surface area contributed by atoms with Crippen molar-refractivity contribution < 1.29 is 9.30 Å². The van der Waals surface area contributed by atoms with Crippen molar-refractivity contribution in [1.29, 1.82) is 0 Å². The number of para-hydroxylation sites is 1. The van der Waals surface area contributed by atoms with E-state index >= 15 is 0 Å². The Labute approximate surface area is 153 Å². The molecule has 0 atom stereocenters. The molecule has 0 N–H and O–H groups in total. The third kappa shape index (κ3) is 3.00. The van der Waals surface area contributed by atoms with Gasteiger partial charge in [0.15, 0.2) is 0 Å². The number of ether oxygens (including phenoxy) is 1. The minimum absolute atomic E-state index is 0.480. The van der Waals surface area contributed by atoms with Crippen molar-refractivity contribution in [2.24, 2.45) is 0 Å². The molecule has 2 heteroatoms. The van der Waals surface area contributed by atoms with Gasteiger partial charge in [-0.1, -0.05) is 42.5 Å². The predicted octanol–water partition coefficient (Wildman–Crippen LogP) is 4.80. The normalized spacial score (nSPS) is 10.8. The first-order valence-corrected chi connectivity index (χ1v) is 8.72. The van der Waals surface area contributed by atoms with Gasteiger partial charge in [0.1, 0.15) is 6.61 Å². The number of hydrogen-bond donors (Lipinski definition) is 0. The molecule has 0 fully saturated rings. The van der Waals surface area contributed by atoms with Gasteiger partial charge in [0.25, 0.3) is 0 Å². The van der Waals surface area contributed by atoms with E-state index in [1.807, 2.05) is 22.8 Å². The zero-order chi connectivity index (χ0) is 17.9. The van der Waals surface area contributed by atoms with E-state index in [4.69, 9.17) is 11.2 Å². The fourth-order valence-corrected chi connectivity index (χ4v) is 3.37. The van der Waals surface area contributed by atoms with Gasteiger partial charge in [0.05, 0.1) is 6.07 Å². The lowest BCUT2D eigenvalue weighted by Crippen LogP contribution is -2.36. The van der Waals surface area contributed by atoms with Crippen LogP contribution < -0.4 is 9.30 Å². The number of rotatable bonds is 4. The Kier molecular flexibility index (Phi) is 4.29. The molecule has 1 aromatic heterocycles.